The van der Waals surface area contributed by atoms with Crippen molar-refractivity contribution in [2.75, 3.05) is 0 Å². The van der Waals surface area contributed by atoms with E-state index in [1.165, 1.54) is 0 Å². The van der Waals surface area contributed by atoms with Gasteiger partial charge in [0.1, 0.15) is 5.76 Å². The average Bonchev–Trinajstić information content (AvgIpc) is 2.92. The monoisotopic (exact) mass is 318 g/mol. The number of furan rings is 1. The van der Waals surface area contributed by atoms with E-state index in [-0.39, 0.29) is 11.5 Å². The van der Waals surface area contributed by atoms with Crippen molar-refractivity contribution in [1.29, 1.82) is 0 Å². The molecule has 0 aliphatic rings. The molecule has 2 aromatic carbocycles. The Labute approximate surface area is 140 Å². The predicted molar refractivity (Wildman–Crippen MR) is 93.6 cm³/mol. The van der Waals surface area contributed by atoms with E-state index in [2.05, 4.69) is 0 Å². The smallest absolute Gasteiger partial charge is 0.197 e. The van der Waals surface area contributed by atoms with Crippen LogP contribution in [0.5, 0.6) is 0 Å². The van der Waals surface area contributed by atoms with Crippen LogP contribution in [0.15, 0.2) is 52.9 Å². The topological polar surface area (TPSA) is 47.3 Å². The fraction of sp³-hybridized carbons (Fsp3) is 0.143. The number of hydrogen-bond acceptors (Lipinski definition) is 3. The molecule has 0 aliphatic heterocycles. The van der Waals surface area contributed by atoms with Crippen molar-refractivity contribution in [2.45, 2.75) is 20.8 Å². The molecule has 0 amide bonds. The van der Waals surface area contributed by atoms with E-state index in [0.29, 0.717) is 28.7 Å². The molecule has 0 spiro atoms. The van der Waals surface area contributed by atoms with Crippen LogP contribution >= 0.6 is 0 Å². The summed E-state index contributed by atoms with van der Waals surface area (Å²) in [5.41, 5.74) is 4.59. The molecule has 0 unspecified atom stereocenters. The molecule has 24 heavy (non-hydrogen) atoms. The van der Waals surface area contributed by atoms with Crippen LogP contribution in [0.3, 0.4) is 0 Å². The molecule has 0 N–H and O–H groups in total. The molecule has 0 fully saturated rings. The van der Waals surface area contributed by atoms with Gasteiger partial charge >= 0.3 is 0 Å². The summed E-state index contributed by atoms with van der Waals surface area (Å²) in [4.78, 5) is 24.3. The molecule has 1 heterocycles. The Morgan fingerprint density at radius 3 is 1.96 bits per heavy atom. The summed E-state index contributed by atoms with van der Waals surface area (Å²) in [5.74, 6) is 0.501. The molecule has 120 valence electrons. The van der Waals surface area contributed by atoms with Crippen LogP contribution in [0.1, 0.15) is 43.2 Å². The third kappa shape index (κ3) is 2.81. The molecule has 0 radical (unpaired) electrons. The van der Waals surface area contributed by atoms with Crippen molar-refractivity contribution in [3.63, 3.8) is 0 Å². The second-order valence-electron chi connectivity index (χ2n) is 5.97. The van der Waals surface area contributed by atoms with Gasteiger partial charge in [0.05, 0.1) is 5.56 Å². The highest BCUT2D eigenvalue weighted by Gasteiger charge is 2.24. The number of benzene rings is 2. The number of carbonyl (C=O) groups is 2. The van der Waals surface area contributed by atoms with Gasteiger partial charge in [-0.3, -0.25) is 9.59 Å². The van der Waals surface area contributed by atoms with Gasteiger partial charge in [-0.15, -0.1) is 0 Å². The highest BCUT2D eigenvalue weighted by atomic mass is 16.3. The van der Waals surface area contributed by atoms with Gasteiger partial charge in [0.2, 0.25) is 0 Å². The first kappa shape index (κ1) is 15.9. The minimum atomic E-state index is -0.139. The van der Waals surface area contributed by atoms with Gasteiger partial charge in [0, 0.05) is 16.7 Å². The maximum absolute atomic E-state index is 13.0. The number of ketones is 1. The van der Waals surface area contributed by atoms with Crippen LogP contribution < -0.4 is 0 Å². The Hall–Kier alpha value is -2.94. The number of carbonyl (C=O) groups excluding carboxylic acids is 2. The Morgan fingerprint density at radius 1 is 0.875 bits per heavy atom. The van der Waals surface area contributed by atoms with Crippen molar-refractivity contribution >= 4 is 12.1 Å². The lowest BCUT2D eigenvalue weighted by molar-refractivity contribution is 0.103. The first-order valence-electron chi connectivity index (χ1n) is 7.78. The maximum atomic E-state index is 13.0. The van der Waals surface area contributed by atoms with E-state index >= 15 is 0 Å². The summed E-state index contributed by atoms with van der Waals surface area (Å²) in [5, 5.41) is 0. The molecule has 1 aromatic heterocycles. The molecule has 3 heteroatoms. The molecule has 0 saturated carbocycles. The summed E-state index contributed by atoms with van der Waals surface area (Å²) in [6, 6.07) is 15.1. The molecule has 0 atom stereocenters. The van der Waals surface area contributed by atoms with Crippen molar-refractivity contribution in [2.24, 2.45) is 0 Å². The fourth-order valence-electron chi connectivity index (χ4n) is 2.67. The molecule has 0 aliphatic carbocycles. The van der Waals surface area contributed by atoms with Gasteiger partial charge in [0.25, 0.3) is 0 Å². The van der Waals surface area contributed by atoms with Crippen LogP contribution in [-0.2, 0) is 0 Å². The minimum Gasteiger partial charge on any atom is -0.452 e. The van der Waals surface area contributed by atoms with E-state index in [9.17, 15) is 9.59 Å². The molecule has 0 bridgehead atoms. The van der Waals surface area contributed by atoms with Crippen molar-refractivity contribution in [3.05, 3.63) is 82.1 Å². The lowest BCUT2D eigenvalue weighted by Crippen LogP contribution is -2.04. The van der Waals surface area contributed by atoms with E-state index < -0.39 is 0 Å². The summed E-state index contributed by atoms with van der Waals surface area (Å²) in [7, 11) is 0. The second kappa shape index (κ2) is 6.28. The first-order chi connectivity index (χ1) is 11.5. The third-order valence-corrected chi connectivity index (χ3v) is 4.15. The molecule has 3 nitrogen and oxygen atoms in total. The highest BCUT2D eigenvalue weighted by Crippen LogP contribution is 2.32. The second-order valence-corrected chi connectivity index (χ2v) is 5.97. The van der Waals surface area contributed by atoms with Crippen LogP contribution in [0, 0.1) is 20.8 Å². The SMILES string of the molecule is Cc1ccc(C(=O)c2c(-c3ccc(C)cc3)oc(C=O)c2C)cc1. The maximum Gasteiger partial charge on any atom is 0.197 e. The fourth-order valence-corrected chi connectivity index (χ4v) is 2.67. The summed E-state index contributed by atoms with van der Waals surface area (Å²) >= 11 is 0. The van der Waals surface area contributed by atoms with E-state index in [4.69, 9.17) is 4.42 Å². The molecular formula is C21H18O3. The Balaban J connectivity index is 2.17. The lowest BCUT2D eigenvalue weighted by Gasteiger charge is -2.05. The van der Waals surface area contributed by atoms with Gasteiger partial charge in [0.15, 0.2) is 17.8 Å². The number of aryl methyl sites for hydroxylation is 2. The Bertz CT molecular complexity index is 898. The van der Waals surface area contributed by atoms with Gasteiger partial charge < -0.3 is 4.42 Å². The summed E-state index contributed by atoms with van der Waals surface area (Å²) < 4.78 is 5.70. The summed E-state index contributed by atoms with van der Waals surface area (Å²) in [6.45, 7) is 5.71. The van der Waals surface area contributed by atoms with E-state index in [0.717, 1.165) is 16.7 Å². The molecule has 0 saturated heterocycles. The Morgan fingerprint density at radius 2 is 1.42 bits per heavy atom. The standard InChI is InChI=1S/C21H18O3/c1-13-4-8-16(9-5-13)20(23)19-15(3)18(12-22)24-21(19)17-10-6-14(2)7-11-17/h4-12H,1-3H3. The van der Waals surface area contributed by atoms with E-state index in [1.807, 2.05) is 50.2 Å². The zero-order valence-electron chi connectivity index (χ0n) is 13.9. The third-order valence-electron chi connectivity index (χ3n) is 4.15. The minimum absolute atomic E-state index is 0.139. The van der Waals surface area contributed by atoms with Gasteiger partial charge in [-0.05, 0) is 20.8 Å². The van der Waals surface area contributed by atoms with Crippen molar-refractivity contribution in [3.8, 4) is 11.3 Å². The molecular weight excluding hydrogens is 300 g/mol. The first-order valence-corrected chi connectivity index (χ1v) is 7.78. The van der Waals surface area contributed by atoms with Crippen LogP contribution in [0.2, 0.25) is 0 Å². The number of aldehydes is 1. The quantitative estimate of drug-likeness (QED) is 0.507. The predicted octanol–water partition coefficient (Wildman–Crippen LogP) is 4.92. The Kier molecular flexibility index (Phi) is 4.17. The molecule has 3 aromatic rings. The normalized spacial score (nSPS) is 10.6. The van der Waals surface area contributed by atoms with E-state index in [1.54, 1.807) is 19.1 Å². The van der Waals surface area contributed by atoms with Gasteiger partial charge in [-0.1, -0.05) is 59.7 Å². The zero-order chi connectivity index (χ0) is 17.3. The number of rotatable bonds is 4. The van der Waals surface area contributed by atoms with Crippen molar-refractivity contribution < 1.29 is 14.0 Å². The highest BCUT2D eigenvalue weighted by molar-refractivity contribution is 6.14. The van der Waals surface area contributed by atoms with Crippen molar-refractivity contribution in [1.82, 2.24) is 0 Å². The van der Waals surface area contributed by atoms with Crippen LogP contribution in [0.4, 0.5) is 0 Å². The number of hydrogen-bond donors (Lipinski definition) is 0. The van der Waals surface area contributed by atoms with Crippen LogP contribution in [-0.4, -0.2) is 12.1 Å². The average molecular weight is 318 g/mol. The summed E-state index contributed by atoms with van der Waals surface area (Å²) in [6.07, 6.45) is 0.652. The lowest BCUT2D eigenvalue weighted by atomic mass is 9.96. The zero-order valence-corrected chi connectivity index (χ0v) is 13.9. The largest absolute Gasteiger partial charge is 0.452 e. The van der Waals surface area contributed by atoms with Gasteiger partial charge in [-0.2, -0.15) is 0 Å². The molecule has 3 rings (SSSR count). The van der Waals surface area contributed by atoms with Gasteiger partial charge in [-0.25, -0.2) is 0 Å². The van der Waals surface area contributed by atoms with Crippen LogP contribution in [0.25, 0.3) is 11.3 Å².